The van der Waals surface area contributed by atoms with Gasteiger partial charge >= 0.3 is 0 Å². The molecule has 1 amide bonds. The maximum atomic E-state index is 12.9. The number of sulfonamides is 1. The zero-order chi connectivity index (χ0) is 26.6. The number of aliphatic hydroxyl groups excluding tert-OH is 1. The van der Waals surface area contributed by atoms with Crippen LogP contribution in [0.15, 0.2) is 24.3 Å². The molecular formula is C25H45N3O6S. The number of amides is 1. The molecule has 0 unspecified atom stereocenters. The number of para-hydroxylation sites is 1. The van der Waals surface area contributed by atoms with Gasteiger partial charge in [-0.25, -0.2) is 13.1 Å². The van der Waals surface area contributed by atoms with E-state index in [1.165, 1.54) is 0 Å². The Kier molecular flexibility index (Phi) is 13.2. The molecule has 0 heterocycles. The van der Waals surface area contributed by atoms with E-state index in [-0.39, 0.29) is 24.3 Å². The van der Waals surface area contributed by atoms with Crippen LogP contribution in [0.5, 0.6) is 5.75 Å². The van der Waals surface area contributed by atoms with Crippen LogP contribution >= 0.6 is 0 Å². The van der Waals surface area contributed by atoms with Crippen molar-refractivity contribution in [3.8, 4) is 5.75 Å². The molecule has 9 nitrogen and oxygen atoms in total. The van der Waals surface area contributed by atoms with Crippen LogP contribution in [0.2, 0.25) is 0 Å². The number of carbonyl (C=O) groups excluding carboxylic acids is 1. The smallest absolute Gasteiger partial charge is 0.255 e. The summed E-state index contributed by atoms with van der Waals surface area (Å²) in [5.41, 5.74) is 6.66. The minimum absolute atomic E-state index is 0.00931. The lowest BCUT2D eigenvalue weighted by atomic mass is 9.87. The molecule has 0 bridgehead atoms. The molecule has 0 aliphatic heterocycles. The van der Waals surface area contributed by atoms with Gasteiger partial charge in [0.1, 0.15) is 5.75 Å². The van der Waals surface area contributed by atoms with Crippen LogP contribution in [0.3, 0.4) is 0 Å². The van der Waals surface area contributed by atoms with E-state index < -0.39 is 26.9 Å². The maximum absolute atomic E-state index is 12.9. The number of hydrogen-bond acceptors (Lipinski definition) is 7. The van der Waals surface area contributed by atoms with E-state index in [0.29, 0.717) is 37.5 Å². The van der Waals surface area contributed by atoms with Gasteiger partial charge in [-0.2, -0.15) is 0 Å². The largest absolute Gasteiger partial charge is 0.493 e. The fraction of sp³-hybridized carbons (Fsp3) is 0.720. The molecule has 5 N–H and O–H groups in total. The Hall–Kier alpha value is -1.72. The number of ether oxygens (including phenoxy) is 2. The monoisotopic (exact) mass is 515 g/mol. The highest BCUT2D eigenvalue weighted by Gasteiger charge is 2.30. The molecule has 0 spiro atoms. The van der Waals surface area contributed by atoms with Crippen LogP contribution in [0.1, 0.15) is 64.2 Å². The van der Waals surface area contributed by atoms with Gasteiger partial charge in [0.15, 0.2) is 0 Å². The first-order chi connectivity index (χ1) is 16.3. The second-order valence-corrected chi connectivity index (χ2v) is 12.7. The number of methoxy groups -OCH3 is 1. The molecule has 3 atom stereocenters. The van der Waals surface area contributed by atoms with E-state index in [2.05, 4.69) is 10.0 Å². The van der Waals surface area contributed by atoms with Gasteiger partial charge in [-0.1, -0.05) is 26.0 Å². The van der Waals surface area contributed by atoms with Crippen molar-refractivity contribution in [2.24, 2.45) is 17.6 Å². The standard InChI is InChI=1S/C25H45N3O6S/c1-18(2)19(15-21(26)22(29)17-28-35(31,32)25(3,4)5)16-27-24(30)20-11-7-8-12-23(20)34-14-10-9-13-33-6/h7-8,11-12,18-19,21-22,28-29H,9-10,13-17,26H2,1-6H3,(H,27,30)/t19-,21+,22+/m1/s1. The fourth-order valence-corrected chi connectivity index (χ4v) is 4.11. The minimum atomic E-state index is -3.58. The van der Waals surface area contributed by atoms with E-state index in [9.17, 15) is 18.3 Å². The summed E-state index contributed by atoms with van der Waals surface area (Å²) >= 11 is 0. The van der Waals surface area contributed by atoms with E-state index in [0.717, 1.165) is 12.8 Å². The summed E-state index contributed by atoms with van der Waals surface area (Å²) in [4.78, 5) is 12.9. The van der Waals surface area contributed by atoms with Crippen LogP contribution in [-0.4, -0.2) is 69.7 Å². The van der Waals surface area contributed by atoms with E-state index in [1.807, 2.05) is 19.9 Å². The van der Waals surface area contributed by atoms with Crippen molar-refractivity contribution in [2.45, 2.75) is 70.8 Å². The highest BCUT2D eigenvalue weighted by atomic mass is 32.2. The van der Waals surface area contributed by atoms with Gasteiger partial charge < -0.3 is 25.6 Å². The average molecular weight is 516 g/mol. The average Bonchev–Trinajstić information content (AvgIpc) is 2.79. The predicted octanol–water partition coefficient (Wildman–Crippen LogP) is 2.29. The highest BCUT2D eigenvalue weighted by molar-refractivity contribution is 7.90. The van der Waals surface area contributed by atoms with Crippen LogP contribution in [-0.2, 0) is 14.8 Å². The Morgan fingerprint density at radius 2 is 1.74 bits per heavy atom. The van der Waals surface area contributed by atoms with Gasteiger partial charge in [0.2, 0.25) is 10.0 Å². The molecule has 35 heavy (non-hydrogen) atoms. The lowest BCUT2D eigenvalue weighted by molar-refractivity contribution is 0.0928. The van der Waals surface area contributed by atoms with Crippen LogP contribution < -0.4 is 20.5 Å². The van der Waals surface area contributed by atoms with Crippen molar-refractivity contribution in [2.75, 3.05) is 33.4 Å². The molecule has 10 heteroatoms. The van der Waals surface area contributed by atoms with Gasteiger partial charge in [0.05, 0.1) is 23.0 Å². The zero-order valence-electron chi connectivity index (χ0n) is 22.0. The Bertz CT molecular complexity index is 870. The molecule has 1 aromatic rings. The number of benzene rings is 1. The maximum Gasteiger partial charge on any atom is 0.255 e. The Morgan fingerprint density at radius 1 is 1.11 bits per heavy atom. The second kappa shape index (κ2) is 14.7. The minimum Gasteiger partial charge on any atom is -0.493 e. The number of carbonyl (C=O) groups is 1. The van der Waals surface area contributed by atoms with Crippen LogP contribution in [0.4, 0.5) is 0 Å². The quantitative estimate of drug-likeness (QED) is 0.248. The summed E-state index contributed by atoms with van der Waals surface area (Å²) in [5, 5.41) is 13.4. The van der Waals surface area contributed by atoms with E-state index in [1.54, 1.807) is 46.1 Å². The second-order valence-electron chi connectivity index (χ2n) is 10.2. The summed E-state index contributed by atoms with van der Waals surface area (Å²) in [6, 6.07) is 6.46. The van der Waals surface area contributed by atoms with Crippen molar-refractivity contribution < 1.29 is 27.8 Å². The molecule has 202 valence electrons. The topological polar surface area (TPSA) is 140 Å². The molecular weight excluding hydrogens is 470 g/mol. The summed E-state index contributed by atoms with van der Waals surface area (Å²) in [7, 11) is -1.92. The van der Waals surface area contributed by atoms with Gasteiger partial charge in [-0.05, 0) is 64.0 Å². The van der Waals surface area contributed by atoms with Gasteiger partial charge in [0, 0.05) is 32.8 Å². The normalized spacial score (nSPS) is 15.0. The van der Waals surface area contributed by atoms with Gasteiger partial charge in [0.25, 0.3) is 5.91 Å². The predicted molar refractivity (Wildman–Crippen MR) is 139 cm³/mol. The third-order valence-electron chi connectivity index (χ3n) is 5.96. The van der Waals surface area contributed by atoms with Crippen LogP contribution in [0, 0.1) is 11.8 Å². The Balaban J connectivity index is 2.67. The fourth-order valence-electron chi connectivity index (χ4n) is 3.29. The summed E-state index contributed by atoms with van der Waals surface area (Å²) in [6.45, 7) is 10.2. The SMILES string of the molecule is COCCCCOc1ccccc1C(=O)NC[C@@H](C[C@H](N)[C@@H](O)CNS(=O)(=O)C(C)(C)C)C(C)C. The molecule has 0 radical (unpaired) electrons. The summed E-state index contributed by atoms with van der Waals surface area (Å²) in [5.74, 6) is 0.467. The first kappa shape index (κ1) is 31.3. The summed E-state index contributed by atoms with van der Waals surface area (Å²) < 4.78 is 36.8. The molecule has 1 aromatic carbocycles. The number of aliphatic hydroxyl groups is 1. The van der Waals surface area contributed by atoms with E-state index in [4.69, 9.17) is 15.2 Å². The van der Waals surface area contributed by atoms with Crippen LogP contribution in [0.25, 0.3) is 0 Å². The number of unbranched alkanes of at least 4 members (excludes halogenated alkanes) is 1. The third-order valence-corrected chi connectivity index (χ3v) is 8.12. The van der Waals surface area contributed by atoms with Crippen molar-refractivity contribution in [1.29, 1.82) is 0 Å². The van der Waals surface area contributed by atoms with E-state index >= 15 is 0 Å². The summed E-state index contributed by atoms with van der Waals surface area (Å²) in [6.07, 6.45) is 1.08. The van der Waals surface area contributed by atoms with Crippen molar-refractivity contribution >= 4 is 15.9 Å². The number of rotatable bonds is 16. The lowest BCUT2D eigenvalue weighted by Gasteiger charge is -2.28. The molecule has 0 aliphatic carbocycles. The number of nitrogens with one attached hydrogen (secondary N) is 2. The third kappa shape index (κ3) is 10.8. The number of nitrogens with two attached hydrogens (primary N) is 1. The van der Waals surface area contributed by atoms with Crippen molar-refractivity contribution in [3.63, 3.8) is 0 Å². The molecule has 0 saturated heterocycles. The van der Waals surface area contributed by atoms with Gasteiger partial charge in [-0.3, -0.25) is 4.79 Å². The first-order valence-electron chi connectivity index (χ1n) is 12.2. The zero-order valence-corrected chi connectivity index (χ0v) is 22.9. The molecule has 0 fully saturated rings. The van der Waals surface area contributed by atoms with Gasteiger partial charge in [-0.15, -0.1) is 0 Å². The molecule has 0 saturated carbocycles. The Morgan fingerprint density at radius 3 is 2.34 bits per heavy atom. The molecule has 1 rings (SSSR count). The number of hydrogen-bond donors (Lipinski definition) is 4. The first-order valence-corrected chi connectivity index (χ1v) is 13.7. The Labute approximate surface area is 211 Å². The van der Waals surface area contributed by atoms with Crippen molar-refractivity contribution in [3.05, 3.63) is 29.8 Å². The molecule has 0 aromatic heterocycles. The van der Waals surface area contributed by atoms with Crippen molar-refractivity contribution in [1.82, 2.24) is 10.0 Å². The molecule has 0 aliphatic rings. The lowest BCUT2D eigenvalue weighted by Crippen LogP contribution is -2.48. The highest BCUT2D eigenvalue weighted by Crippen LogP contribution is 2.21.